The van der Waals surface area contributed by atoms with Crippen molar-refractivity contribution in [3.05, 3.63) is 65.9 Å². The van der Waals surface area contributed by atoms with E-state index >= 15 is 0 Å². The molecule has 0 unspecified atom stereocenters. The molecule has 0 aliphatic carbocycles. The van der Waals surface area contributed by atoms with Crippen LogP contribution >= 0.6 is 0 Å². The van der Waals surface area contributed by atoms with Gasteiger partial charge in [-0.3, -0.25) is 0 Å². The number of halogens is 3. The van der Waals surface area contributed by atoms with Gasteiger partial charge in [-0.25, -0.2) is 4.98 Å². The van der Waals surface area contributed by atoms with Crippen molar-refractivity contribution in [3.8, 4) is 5.75 Å². The van der Waals surface area contributed by atoms with E-state index in [0.29, 0.717) is 24.0 Å². The molecule has 164 valence electrons. The summed E-state index contributed by atoms with van der Waals surface area (Å²) < 4.78 is 46.0. The Balaban J connectivity index is 1.92. The predicted octanol–water partition coefficient (Wildman–Crippen LogP) is 6.53. The number of hydrogen-bond donors (Lipinski definition) is 1. The third-order valence-corrected chi connectivity index (χ3v) is 4.76. The van der Waals surface area contributed by atoms with Crippen LogP contribution in [-0.4, -0.2) is 23.6 Å². The Morgan fingerprint density at radius 1 is 1.03 bits per heavy atom. The Morgan fingerprint density at radius 2 is 1.68 bits per heavy atom. The molecule has 0 atom stereocenters. The van der Waals surface area contributed by atoms with Crippen molar-refractivity contribution in [1.29, 1.82) is 0 Å². The smallest absolute Gasteiger partial charge is 0.421 e. The van der Waals surface area contributed by atoms with Crippen LogP contribution in [0.5, 0.6) is 5.75 Å². The van der Waals surface area contributed by atoms with Gasteiger partial charge in [0.05, 0.1) is 6.61 Å². The summed E-state index contributed by atoms with van der Waals surface area (Å²) in [4.78, 5) is 9.78. The average Bonchev–Trinajstić information content (AvgIpc) is 2.74. The summed E-state index contributed by atoms with van der Waals surface area (Å²) in [6, 6.07) is 14.4. The molecule has 1 heterocycles. The maximum Gasteiger partial charge on any atom is 0.421 e. The van der Waals surface area contributed by atoms with Gasteiger partial charge in [-0.05, 0) is 54.8 Å². The standard InChI is InChI=1S/C23H25F3N4O/c1-5-31-19-12-8-17(9-13-19)28-21-20(23(24,25)26)14-27-22(29-21)30(4)18-10-6-16(7-11-18)15(2)3/h6-15H,5H2,1-4H3,(H,27,28,29). The van der Waals surface area contributed by atoms with E-state index in [1.54, 1.807) is 36.2 Å². The summed E-state index contributed by atoms with van der Waals surface area (Å²) in [6.45, 7) is 6.55. The van der Waals surface area contributed by atoms with Crippen LogP contribution in [0.25, 0.3) is 0 Å². The van der Waals surface area contributed by atoms with Crippen LogP contribution in [0.15, 0.2) is 54.7 Å². The monoisotopic (exact) mass is 430 g/mol. The molecule has 2 aromatic carbocycles. The highest BCUT2D eigenvalue weighted by atomic mass is 19.4. The van der Waals surface area contributed by atoms with E-state index in [-0.39, 0.29) is 11.8 Å². The number of ether oxygens (including phenoxy) is 1. The van der Waals surface area contributed by atoms with Gasteiger partial charge in [0.1, 0.15) is 17.1 Å². The normalized spacial score (nSPS) is 11.5. The van der Waals surface area contributed by atoms with Crippen molar-refractivity contribution in [2.75, 3.05) is 23.9 Å². The van der Waals surface area contributed by atoms with Crippen LogP contribution < -0.4 is 15.0 Å². The molecule has 0 saturated heterocycles. The maximum atomic E-state index is 13.5. The molecule has 0 fully saturated rings. The van der Waals surface area contributed by atoms with Crippen LogP contribution in [0.1, 0.15) is 37.8 Å². The second kappa shape index (κ2) is 9.24. The fourth-order valence-electron chi connectivity index (χ4n) is 2.97. The highest BCUT2D eigenvalue weighted by molar-refractivity contribution is 5.64. The maximum absolute atomic E-state index is 13.5. The fourth-order valence-corrected chi connectivity index (χ4v) is 2.97. The van der Waals surface area contributed by atoms with Gasteiger partial charge in [0.15, 0.2) is 0 Å². The lowest BCUT2D eigenvalue weighted by Crippen LogP contribution is -2.17. The van der Waals surface area contributed by atoms with Crippen LogP contribution in [0.2, 0.25) is 0 Å². The van der Waals surface area contributed by atoms with Crippen LogP contribution in [0.4, 0.5) is 36.3 Å². The summed E-state index contributed by atoms with van der Waals surface area (Å²) in [5, 5.41) is 2.77. The Hall–Kier alpha value is -3.29. The fraction of sp³-hybridized carbons (Fsp3) is 0.304. The first kappa shape index (κ1) is 22.4. The third kappa shape index (κ3) is 5.45. The van der Waals surface area contributed by atoms with E-state index < -0.39 is 11.7 Å². The molecule has 3 rings (SSSR count). The minimum absolute atomic E-state index is 0.152. The summed E-state index contributed by atoms with van der Waals surface area (Å²) in [7, 11) is 1.72. The number of benzene rings is 2. The lowest BCUT2D eigenvalue weighted by atomic mass is 10.0. The zero-order chi connectivity index (χ0) is 22.6. The number of nitrogens with one attached hydrogen (secondary N) is 1. The van der Waals surface area contributed by atoms with Gasteiger partial charge in [0, 0.05) is 24.6 Å². The molecule has 0 saturated carbocycles. The number of hydrogen-bond acceptors (Lipinski definition) is 5. The number of rotatable bonds is 7. The van der Waals surface area contributed by atoms with Crippen molar-refractivity contribution in [1.82, 2.24) is 9.97 Å². The van der Waals surface area contributed by atoms with E-state index in [9.17, 15) is 13.2 Å². The lowest BCUT2D eigenvalue weighted by Gasteiger charge is -2.20. The van der Waals surface area contributed by atoms with Gasteiger partial charge in [-0.1, -0.05) is 26.0 Å². The Morgan fingerprint density at radius 3 is 2.23 bits per heavy atom. The molecule has 31 heavy (non-hydrogen) atoms. The predicted molar refractivity (Wildman–Crippen MR) is 117 cm³/mol. The first-order chi connectivity index (χ1) is 14.7. The van der Waals surface area contributed by atoms with Crippen molar-refractivity contribution in [2.24, 2.45) is 0 Å². The molecule has 0 bridgehead atoms. The van der Waals surface area contributed by atoms with Gasteiger partial charge in [0.25, 0.3) is 0 Å². The van der Waals surface area contributed by atoms with Crippen molar-refractivity contribution < 1.29 is 17.9 Å². The zero-order valence-corrected chi connectivity index (χ0v) is 17.9. The molecule has 3 aromatic rings. The van der Waals surface area contributed by atoms with Crippen molar-refractivity contribution in [2.45, 2.75) is 32.9 Å². The molecular weight excluding hydrogens is 405 g/mol. The van der Waals surface area contributed by atoms with Gasteiger partial charge in [-0.2, -0.15) is 18.2 Å². The minimum atomic E-state index is -4.59. The number of anilines is 4. The SMILES string of the molecule is CCOc1ccc(Nc2nc(N(C)c3ccc(C(C)C)cc3)ncc2C(F)(F)F)cc1. The molecule has 0 amide bonds. The molecule has 0 aliphatic heterocycles. The molecule has 1 N–H and O–H groups in total. The van der Waals surface area contributed by atoms with Gasteiger partial charge in [-0.15, -0.1) is 0 Å². The van der Waals surface area contributed by atoms with Crippen LogP contribution in [0, 0.1) is 0 Å². The molecule has 0 radical (unpaired) electrons. The number of aromatic nitrogens is 2. The van der Waals surface area contributed by atoms with Gasteiger partial charge < -0.3 is 15.0 Å². The van der Waals surface area contributed by atoms with Gasteiger partial charge in [0.2, 0.25) is 5.95 Å². The van der Waals surface area contributed by atoms with Crippen LogP contribution in [0.3, 0.4) is 0 Å². The largest absolute Gasteiger partial charge is 0.494 e. The highest BCUT2D eigenvalue weighted by Crippen LogP contribution is 2.36. The zero-order valence-electron chi connectivity index (χ0n) is 17.9. The van der Waals surface area contributed by atoms with E-state index in [1.807, 2.05) is 31.2 Å². The van der Waals surface area contributed by atoms with E-state index in [0.717, 1.165) is 11.9 Å². The quantitative estimate of drug-likeness (QED) is 0.462. The van der Waals surface area contributed by atoms with Gasteiger partial charge >= 0.3 is 6.18 Å². The molecule has 0 aliphatic rings. The topological polar surface area (TPSA) is 50.3 Å². The Bertz CT molecular complexity index is 1000. The van der Waals surface area contributed by atoms with E-state index in [1.165, 1.54) is 5.56 Å². The average molecular weight is 430 g/mol. The lowest BCUT2D eigenvalue weighted by molar-refractivity contribution is -0.137. The second-order valence-corrected chi connectivity index (χ2v) is 7.32. The summed E-state index contributed by atoms with van der Waals surface area (Å²) in [5.41, 5.74) is 1.47. The Kier molecular flexibility index (Phi) is 6.68. The summed E-state index contributed by atoms with van der Waals surface area (Å²) in [6.07, 6.45) is -3.79. The number of nitrogens with zero attached hydrogens (tertiary/aromatic N) is 3. The Labute approximate surface area is 179 Å². The molecule has 1 aromatic heterocycles. The first-order valence-electron chi connectivity index (χ1n) is 9.97. The molecule has 8 heteroatoms. The first-order valence-corrected chi connectivity index (χ1v) is 9.97. The third-order valence-electron chi connectivity index (χ3n) is 4.76. The van der Waals surface area contributed by atoms with Crippen molar-refractivity contribution in [3.63, 3.8) is 0 Å². The highest BCUT2D eigenvalue weighted by Gasteiger charge is 2.35. The molecule has 5 nitrogen and oxygen atoms in total. The van der Waals surface area contributed by atoms with Crippen LogP contribution in [-0.2, 0) is 6.18 Å². The van der Waals surface area contributed by atoms with E-state index in [4.69, 9.17) is 4.74 Å². The second-order valence-electron chi connectivity index (χ2n) is 7.32. The molecular formula is C23H25F3N4O. The van der Waals surface area contributed by atoms with E-state index in [2.05, 4.69) is 29.1 Å². The number of alkyl halides is 3. The summed E-state index contributed by atoms with van der Waals surface area (Å²) >= 11 is 0. The summed E-state index contributed by atoms with van der Waals surface area (Å²) in [5.74, 6) is 0.856. The van der Waals surface area contributed by atoms with Crippen molar-refractivity contribution >= 4 is 23.1 Å². The minimum Gasteiger partial charge on any atom is -0.494 e. The molecule has 0 spiro atoms.